The Morgan fingerprint density at radius 3 is 2.35 bits per heavy atom. The van der Waals surface area contributed by atoms with Crippen molar-refractivity contribution in [2.75, 3.05) is 19.5 Å². The molecule has 3 aromatic rings. The van der Waals surface area contributed by atoms with Crippen molar-refractivity contribution in [3.63, 3.8) is 0 Å². The molecule has 176 valence electrons. The summed E-state index contributed by atoms with van der Waals surface area (Å²) >= 11 is 12.5. The Bertz CT molecular complexity index is 1200. The van der Waals surface area contributed by atoms with Gasteiger partial charge in [0.25, 0.3) is 0 Å². The van der Waals surface area contributed by atoms with Gasteiger partial charge < -0.3 is 19.5 Å². The second-order valence-corrected chi connectivity index (χ2v) is 7.61. The normalized spacial score (nSPS) is 10.6. The van der Waals surface area contributed by atoms with E-state index in [4.69, 9.17) is 37.4 Å². The lowest BCUT2D eigenvalue weighted by Crippen LogP contribution is -2.32. The summed E-state index contributed by atoms with van der Waals surface area (Å²) in [6.07, 6.45) is 1.32. The third kappa shape index (κ3) is 6.63. The van der Waals surface area contributed by atoms with E-state index in [1.807, 2.05) is 18.2 Å². The SMILES string of the molecule is COc1ccc(NC(=O)C(=O)N/N=C\c2cc(Cl)c(OCc3ccccc3Cl)c(OC)c2)cc1. The molecule has 8 nitrogen and oxygen atoms in total. The molecule has 0 fully saturated rings. The molecule has 0 saturated heterocycles. The van der Waals surface area contributed by atoms with Crippen molar-refractivity contribution < 1.29 is 23.8 Å². The van der Waals surface area contributed by atoms with Gasteiger partial charge in [0.15, 0.2) is 11.5 Å². The van der Waals surface area contributed by atoms with E-state index in [-0.39, 0.29) is 11.6 Å². The number of hydrogen-bond acceptors (Lipinski definition) is 6. The highest BCUT2D eigenvalue weighted by molar-refractivity contribution is 6.39. The molecule has 0 saturated carbocycles. The Kier molecular flexibility index (Phi) is 8.73. The third-order valence-corrected chi connectivity index (χ3v) is 5.16. The van der Waals surface area contributed by atoms with Gasteiger partial charge >= 0.3 is 11.8 Å². The molecule has 10 heteroatoms. The highest BCUT2D eigenvalue weighted by Crippen LogP contribution is 2.37. The van der Waals surface area contributed by atoms with Crippen LogP contribution in [-0.4, -0.2) is 32.2 Å². The summed E-state index contributed by atoms with van der Waals surface area (Å²) in [5, 5.41) is 7.12. The molecule has 0 atom stereocenters. The zero-order chi connectivity index (χ0) is 24.5. The van der Waals surface area contributed by atoms with Crippen molar-refractivity contribution in [3.8, 4) is 17.2 Å². The fourth-order valence-corrected chi connectivity index (χ4v) is 3.26. The monoisotopic (exact) mass is 501 g/mol. The molecule has 34 heavy (non-hydrogen) atoms. The van der Waals surface area contributed by atoms with Crippen molar-refractivity contribution in [1.29, 1.82) is 0 Å². The van der Waals surface area contributed by atoms with Gasteiger partial charge in [0, 0.05) is 16.3 Å². The minimum atomic E-state index is -0.940. The molecule has 0 radical (unpaired) electrons. The Morgan fingerprint density at radius 1 is 0.941 bits per heavy atom. The van der Waals surface area contributed by atoms with Crippen LogP contribution in [0, 0.1) is 0 Å². The number of rotatable bonds is 8. The number of nitrogens with one attached hydrogen (secondary N) is 2. The molecular weight excluding hydrogens is 481 g/mol. The Morgan fingerprint density at radius 2 is 1.68 bits per heavy atom. The van der Waals surface area contributed by atoms with E-state index in [1.165, 1.54) is 20.4 Å². The van der Waals surface area contributed by atoms with Gasteiger partial charge in [-0.25, -0.2) is 5.43 Å². The highest BCUT2D eigenvalue weighted by Gasteiger charge is 2.14. The van der Waals surface area contributed by atoms with Gasteiger partial charge in [0.05, 0.1) is 25.5 Å². The lowest BCUT2D eigenvalue weighted by molar-refractivity contribution is -0.136. The van der Waals surface area contributed by atoms with E-state index in [9.17, 15) is 9.59 Å². The first-order chi connectivity index (χ1) is 16.4. The van der Waals surface area contributed by atoms with E-state index in [0.29, 0.717) is 33.5 Å². The molecule has 0 aliphatic carbocycles. The number of carbonyl (C=O) groups excluding carboxylic acids is 2. The van der Waals surface area contributed by atoms with Gasteiger partial charge in [0.1, 0.15) is 12.4 Å². The molecule has 0 spiro atoms. The molecule has 0 bridgehead atoms. The number of benzene rings is 3. The zero-order valence-corrected chi connectivity index (χ0v) is 19.8. The lowest BCUT2D eigenvalue weighted by atomic mass is 10.2. The van der Waals surface area contributed by atoms with Crippen LogP contribution in [0.1, 0.15) is 11.1 Å². The molecule has 3 rings (SSSR count). The summed E-state index contributed by atoms with van der Waals surface area (Å²) < 4.78 is 16.2. The number of nitrogens with zero attached hydrogens (tertiary/aromatic N) is 1. The van der Waals surface area contributed by atoms with E-state index in [1.54, 1.807) is 42.5 Å². The molecule has 2 amide bonds. The minimum absolute atomic E-state index is 0.197. The Balaban J connectivity index is 1.61. The average Bonchev–Trinajstić information content (AvgIpc) is 2.84. The van der Waals surface area contributed by atoms with Crippen molar-refractivity contribution in [2.45, 2.75) is 6.61 Å². The average molecular weight is 502 g/mol. The first-order valence-corrected chi connectivity index (χ1v) is 10.7. The minimum Gasteiger partial charge on any atom is -0.497 e. The molecule has 2 N–H and O–H groups in total. The molecule has 0 heterocycles. The third-order valence-electron chi connectivity index (χ3n) is 4.52. The van der Waals surface area contributed by atoms with E-state index in [0.717, 1.165) is 5.56 Å². The fourth-order valence-electron chi connectivity index (χ4n) is 2.80. The fraction of sp³-hybridized carbons (Fsp3) is 0.125. The van der Waals surface area contributed by atoms with E-state index < -0.39 is 11.8 Å². The van der Waals surface area contributed by atoms with Crippen LogP contribution in [0.4, 0.5) is 5.69 Å². The van der Waals surface area contributed by atoms with Crippen LogP contribution in [0.15, 0.2) is 65.8 Å². The maximum atomic E-state index is 12.0. The zero-order valence-electron chi connectivity index (χ0n) is 18.3. The predicted octanol–water partition coefficient (Wildman–Crippen LogP) is 4.68. The second-order valence-electron chi connectivity index (χ2n) is 6.80. The molecular formula is C24H21Cl2N3O5. The quantitative estimate of drug-likeness (QED) is 0.265. The van der Waals surface area contributed by atoms with Crippen LogP contribution < -0.4 is 25.0 Å². The lowest BCUT2D eigenvalue weighted by Gasteiger charge is -2.14. The van der Waals surface area contributed by atoms with Crippen molar-refractivity contribution in [3.05, 3.63) is 81.8 Å². The van der Waals surface area contributed by atoms with Crippen molar-refractivity contribution in [1.82, 2.24) is 5.43 Å². The first-order valence-electron chi connectivity index (χ1n) is 9.93. The van der Waals surface area contributed by atoms with Gasteiger partial charge in [-0.2, -0.15) is 5.10 Å². The smallest absolute Gasteiger partial charge is 0.329 e. The molecule has 0 aliphatic rings. The number of methoxy groups -OCH3 is 2. The summed E-state index contributed by atoms with van der Waals surface area (Å²) in [5.41, 5.74) is 3.91. The molecule has 3 aromatic carbocycles. The standard InChI is InChI=1S/C24H21Cl2N3O5/c1-32-18-9-7-17(8-10-18)28-23(30)24(31)29-27-13-15-11-20(26)22(21(12-15)33-2)34-14-16-5-3-4-6-19(16)25/h3-13H,14H2,1-2H3,(H,28,30)(H,29,31)/b27-13-. The summed E-state index contributed by atoms with van der Waals surface area (Å²) in [6, 6.07) is 17.0. The highest BCUT2D eigenvalue weighted by atomic mass is 35.5. The molecule has 0 aliphatic heterocycles. The van der Waals surface area contributed by atoms with Crippen LogP contribution in [0.25, 0.3) is 0 Å². The van der Waals surface area contributed by atoms with E-state index >= 15 is 0 Å². The van der Waals surface area contributed by atoms with Gasteiger partial charge in [0.2, 0.25) is 0 Å². The predicted molar refractivity (Wildman–Crippen MR) is 131 cm³/mol. The van der Waals surface area contributed by atoms with Gasteiger partial charge in [-0.15, -0.1) is 0 Å². The van der Waals surface area contributed by atoms with Gasteiger partial charge in [-0.1, -0.05) is 41.4 Å². The summed E-state index contributed by atoms with van der Waals surface area (Å²) in [4.78, 5) is 24.0. The number of ether oxygens (including phenoxy) is 3. The first kappa shape index (κ1) is 24.9. The van der Waals surface area contributed by atoms with Crippen molar-refractivity contribution in [2.24, 2.45) is 5.10 Å². The number of halogens is 2. The number of amides is 2. The van der Waals surface area contributed by atoms with Crippen LogP contribution in [0.2, 0.25) is 10.0 Å². The molecule has 0 aromatic heterocycles. The second kappa shape index (κ2) is 11.9. The Hall–Kier alpha value is -3.75. The molecule has 0 unspecified atom stereocenters. The van der Waals surface area contributed by atoms with Crippen LogP contribution in [0.3, 0.4) is 0 Å². The Labute approximate surface area is 206 Å². The summed E-state index contributed by atoms with van der Waals surface area (Å²) in [5.74, 6) is -0.485. The van der Waals surface area contributed by atoms with Gasteiger partial charge in [-0.3, -0.25) is 9.59 Å². The number of hydrogen-bond donors (Lipinski definition) is 2. The van der Waals surface area contributed by atoms with Crippen LogP contribution >= 0.6 is 23.2 Å². The maximum Gasteiger partial charge on any atom is 0.329 e. The van der Waals surface area contributed by atoms with Gasteiger partial charge in [-0.05, 0) is 48.0 Å². The number of anilines is 1. The number of hydrazone groups is 1. The number of carbonyl (C=O) groups is 2. The maximum absolute atomic E-state index is 12.0. The van der Waals surface area contributed by atoms with Crippen LogP contribution in [0.5, 0.6) is 17.2 Å². The summed E-state index contributed by atoms with van der Waals surface area (Å²) in [6.45, 7) is 0.197. The largest absolute Gasteiger partial charge is 0.497 e. The van der Waals surface area contributed by atoms with E-state index in [2.05, 4.69) is 15.8 Å². The van der Waals surface area contributed by atoms with Crippen LogP contribution in [-0.2, 0) is 16.2 Å². The topological polar surface area (TPSA) is 98.2 Å². The summed E-state index contributed by atoms with van der Waals surface area (Å²) in [7, 11) is 3.00. The van der Waals surface area contributed by atoms with Crippen molar-refractivity contribution >= 4 is 46.9 Å².